The number of hydrogen-bond acceptors (Lipinski definition) is 0. The maximum Gasteiger partial charge on any atom is 0 e. The predicted molar refractivity (Wildman–Crippen MR) is 101 cm³/mol. The van der Waals surface area contributed by atoms with Crippen molar-refractivity contribution in [2.45, 2.75) is 0 Å². The Balaban J connectivity index is 0.000000615. The van der Waals surface area contributed by atoms with Crippen molar-refractivity contribution in [2.24, 2.45) is 0 Å². The summed E-state index contributed by atoms with van der Waals surface area (Å²) in [6, 6.07) is 32.3. The van der Waals surface area contributed by atoms with Crippen molar-refractivity contribution in [3.8, 4) is 0 Å². The molecule has 0 fully saturated rings. The van der Waals surface area contributed by atoms with E-state index in [-0.39, 0.29) is 20.4 Å². The van der Waals surface area contributed by atoms with E-state index in [1.165, 1.54) is 22.0 Å². The molecule has 0 atom stereocenters. The van der Waals surface area contributed by atoms with Crippen molar-refractivity contribution in [1.29, 1.82) is 0 Å². The van der Waals surface area contributed by atoms with Gasteiger partial charge in [0.15, 0.2) is 0 Å². The third-order valence-electron chi connectivity index (χ3n) is 3.04. The van der Waals surface area contributed by atoms with Gasteiger partial charge in [-0.2, -0.15) is 0 Å². The summed E-state index contributed by atoms with van der Waals surface area (Å²) in [5.41, 5.74) is 0. The molecule has 2 heteroatoms. The third-order valence-corrected chi connectivity index (χ3v) is 5.49. The van der Waals surface area contributed by atoms with Gasteiger partial charge in [0.1, 0.15) is 0 Å². The standard InChI is InChI=1S/C18H15P.C3H5.Pd/c1-4-10-16(11-5-1)19(17-12-6-2-7-13-17)18-14-8-3-9-15-18;1-3-2;/h1-15H;3H,1-2H2;/q;-1;. The Kier molecular flexibility index (Phi) is 9.27. The second kappa shape index (κ2) is 11.0. The van der Waals surface area contributed by atoms with Crippen LogP contribution in [0.2, 0.25) is 0 Å². The average molecular weight is 410 g/mol. The molecule has 0 radical (unpaired) electrons. The summed E-state index contributed by atoms with van der Waals surface area (Å²) in [6.07, 6.45) is 1.50. The Morgan fingerprint density at radius 2 is 0.826 bits per heavy atom. The molecule has 3 aromatic carbocycles. The first-order valence-electron chi connectivity index (χ1n) is 7.22. The minimum Gasteiger partial charge on any atom is -0.245 e. The van der Waals surface area contributed by atoms with Crippen LogP contribution in [0.5, 0.6) is 0 Å². The summed E-state index contributed by atoms with van der Waals surface area (Å²) >= 11 is 0. The zero-order chi connectivity index (χ0) is 15.6. The predicted octanol–water partition coefficient (Wildman–Crippen LogP) is 4.45. The van der Waals surface area contributed by atoms with Crippen LogP contribution in [0.25, 0.3) is 0 Å². The molecule has 0 aliphatic heterocycles. The van der Waals surface area contributed by atoms with E-state index in [1.807, 2.05) is 0 Å². The fourth-order valence-corrected chi connectivity index (χ4v) is 4.48. The van der Waals surface area contributed by atoms with Gasteiger partial charge in [-0.3, -0.25) is 0 Å². The van der Waals surface area contributed by atoms with Crippen molar-refractivity contribution < 1.29 is 20.4 Å². The number of hydrogen-bond donors (Lipinski definition) is 0. The number of rotatable bonds is 3. The largest absolute Gasteiger partial charge is 0.245 e. The van der Waals surface area contributed by atoms with E-state index in [0.717, 1.165) is 0 Å². The fourth-order valence-electron chi connectivity index (χ4n) is 2.18. The van der Waals surface area contributed by atoms with E-state index in [1.54, 1.807) is 0 Å². The summed E-state index contributed by atoms with van der Waals surface area (Å²) in [7, 11) is -0.446. The Hall–Kier alpha value is -1.64. The zero-order valence-electron chi connectivity index (χ0n) is 12.9. The Bertz CT molecular complexity index is 572. The average Bonchev–Trinajstić information content (AvgIpc) is 2.59. The van der Waals surface area contributed by atoms with E-state index < -0.39 is 7.92 Å². The summed E-state index contributed by atoms with van der Waals surface area (Å²) in [6.45, 7) is 6.50. The van der Waals surface area contributed by atoms with E-state index in [0.29, 0.717) is 0 Å². The van der Waals surface area contributed by atoms with Crippen LogP contribution in [0.1, 0.15) is 0 Å². The Morgan fingerprint density at radius 3 is 1.04 bits per heavy atom. The molecule has 120 valence electrons. The van der Waals surface area contributed by atoms with Gasteiger partial charge in [-0.15, -0.1) is 0 Å². The number of allylic oxidation sites excluding steroid dienone is 1. The van der Waals surface area contributed by atoms with Crippen LogP contribution in [0.4, 0.5) is 0 Å². The topological polar surface area (TPSA) is 0 Å². The molecule has 0 aliphatic rings. The normalized spacial score (nSPS) is 9.26. The van der Waals surface area contributed by atoms with Gasteiger partial charge in [0.2, 0.25) is 0 Å². The molecule has 0 aromatic heterocycles. The second-order valence-corrected chi connectivity index (χ2v) is 6.85. The smallest absolute Gasteiger partial charge is 0 e. The maximum absolute atomic E-state index is 3.25. The van der Waals surface area contributed by atoms with Crippen molar-refractivity contribution in [3.63, 3.8) is 0 Å². The summed E-state index contributed by atoms with van der Waals surface area (Å²) in [4.78, 5) is 0. The van der Waals surface area contributed by atoms with Crippen LogP contribution in [0.3, 0.4) is 0 Å². The maximum atomic E-state index is 3.25. The third kappa shape index (κ3) is 5.81. The fraction of sp³-hybridized carbons (Fsp3) is 0. The molecule has 0 unspecified atom stereocenters. The Labute approximate surface area is 154 Å². The van der Waals surface area contributed by atoms with E-state index in [4.69, 9.17) is 0 Å². The minimum atomic E-state index is -0.446. The Morgan fingerprint density at radius 1 is 0.609 bits per heavy atom. The molecular formula is C21H20PPd-. The first-order valence-corrected chi connectivity index (χ1v) is 8.56. The number of benzene rings is 3. The van der Waals surface area contributed by atoms with E-state index >= 15 is 0 Å². The van der Waals surface area contributed by atoms with Crippen molar-refractivity contribution in [2.75, 3.05) is 0 Å². The van der Waals surface area contributed by atoms with Crippen LogP contribution >= 0.6 is 7.92 Å². The molecule has 0 N–H and O–H groups in total. The molecule has 0 nitrogen and oxygen atoms in total. The molecule has 23 heavy (non-hydrogen) atoms. The van der Waals surface area contributed by atoms with Gasteiger partial charge in [-0.25, -0.2) is 19.6 Å². The van der Waals surface area contributed by atoms with Crippen LogP contribution < -0.4 is 15.9 Å². The van der Waals surface area contributed by atoms with Crippen LogP contribution in [0, 0.1) is 6.92 Å². The van der Waals surface area contributed by atoms with Gasteiger partial charge in [-0.05, 0) is 23.8 Å². The van der Waals surface area contributed by atoms with Gasteiger partial charge in [0.25, 0.3) is 0 Å². The molecule has 0 amide bonds. The summed E-state index contributed by atoms with van der Waals surface area (Å²) in [5, 5.41) is 4.19. The van der Waals surface area contributed by atoms with Crippen molar-refractivity contribution in [3.05, 3.63) is 111 Å². The summed E-state index contributed by atoms with van der Waals surface area (Å²) in [5.74, 6) is 0. The molecular weight excluding hydrogens is 390 g/mol. The molecule has 0 saturated heterocycles. The quantitative estimate of drug-likeness (QED) is 0.341. The molecule has 0 spiro atoms. The van der Waals surface area contributed by atoms with Gasteiger partial charge >= 0.3 is 0 Å². The second-order valence-electron chi connectivity index (χ2n) is 4.63. The molecule has 0 heterocycles. The van der Waals surface area contributed by atoms with Crippen LogP contribution in [-0.2, 0) is 20.4 Å². The van der Waals surface area contributed by atoms with Crippen molar-refractivity contribution >= 4 is 23.8 Å². The minimum absolute atomic E-state index is 0. The van der Waals surface area contributed by atoms with Gasteiger partial charge in [0, 0.05) is 20.4 Å². The molecule has 3 aromatic rings. The molecule has 3 rings (SSSR count). The monoisotopic (exact) mass is 409 g/mol. The van der Waals surface area contributed by atoms with Crippen LogP contribution in [0.15, 0.2) is 104 Å². The molecule has 0 saturated carbocycles. The van der Waals surface area contributed by atoms with Gasteiger partial charge in [-0.1, -0.05) is 91.0 Å². The first kappa shape index (κ1) is 19.4. The van der Waals surface area contributed by atoms with Crippen LogP contribution in [-0.4, -0.2) is 0 Å². The van der Waals surface area contributed by atoms with Crippen molar-refractivity contribution in [1.82, 2.24) is 0 Å². The zero-order valence-corrected chi connectivity index (χ0v) is 15.4. The van der Waals surface area contributed by atoms with Gasteiger partial charge in [0.05, 0.1) is 0 Å². The first-order chi connectivity index (χ1) is 10.9. The SMILES string of the molecule is C=C[CH2-].[Pd].c1ccc(P(c2ccccc2)c2ccccc2)cc1. The molecule has 0 aliphatic carbocycles. The van der Waals surface area contributed by atoms with E-state index in [2.05, 4.69) is 104 Å². The summed E-state index contributed by atoms with van der Waals surface area (Å²) < 4.78 is 0. The van der Waals surface area contributed by atoms with E-state index in [9.17, 15) is 0 Å². The van der Waals surface area contributed by atoms with Gasteiger partial charge < -0.3 is 0 Å². The molecule has 0 bridgehead atoms.